The Hall–Kier alpha value is -3.91. The molecule has 0 saturated carbocycles. The highest BCUT2D eigenvalue weighted by molar-refractivity contribution is 5.91. The topological polar surface area (TPSA) is 77.6 Å². The van der Waals surface area contributed by atoms with E-state index in [1.54, 1.807) is 14.1 Å². The van der Waals surface area contributed by atoms with Gasteiger partial charge in [-0.2, -0.15) is 0 Å². The van der Waals surface area contributed by atoms with Crippen LogP contribution in [0.15, 0.2) is 60.9 Å². The van der Waals surface area contributed by atoms with Crippen molar-refractivity contribution in [1.82, 2.24) is 24.8 Å². The van der Waals surface area contributed by atoms with Gasteiger partial charge in [-0.3, -0.25) is 4.79 Å². The first-order chi connectivity index (χ1) is 17.0. The number of hydrogen-bond acceptors (Lipinski definition) is 6. The maximum absolute atomic E-state index is 11.8. The summed E-state index contributed by atoms with van der Waals surface area (Å²) >= 11 is 0. The highest BCUT2D eigenvalue weighted by atomic mass is 16.5. The average molecular weight is 471 g/mol. The number of hydrogen-bond donors (Lipinski definition) is 1. The number of piperazine rings is 1. The van der Waals surface area contributed by atoms with Crippen LogP contribution < -0.4 is 9.64 Å². The number of carbonyl (C=O) groups excluding carboxylic acids is 1. The fourth-order valence-electron chi connectivity index (χ4n) is 4.16. The Morgan fingerprint density at radius 3 is 2.37 bits per heavy atom. The number of fused-ring (bicyclic) bond motifs is 1. The van der Waals surface area contributed by atoms with E-state index in [0.29, 0.717) is 5.75 Å². The number of aromatic nitrogens is 3. The van der Waals surface area contributed by atoms with Crippen molar-refractivity contribution in [2.24, 2.45) is 0 Å². The highest BCUT2D eigenvalue weighted by Gasteiger charge is 2.15. The predicted molar refractivity (Wildman–Crippen MR) is 139 cm³/mol. The molecule has 180 valence electrons. The van der Waals surface area contributed by atoms with Gasteiger partial charge in [-0.05, 0) is 36.9 Å². The molecule has 5 rings (SSSR count). The van der Waals surface area contributed by atoms with E-state index >= 15 is 0 Å². The third kappa shape index (κ3) is 4.97. The first-order valence-electron chi connectivity index (χ1n) is 11.8. The molecule has 1 aliphatic heterocycles. The van der Waals surface area contributed by atoms with Gasteiger partial charge < -0.3 is 24.4 Å². The largest absolute Gasteiger partial charge is 0.484 e. The van der Waals surface area contributed by atoms with Crippen LogP contribution >= 0.6 is 0 Å². The van der Waals surface area contributed by atoms with E-state index in [9.17, 15) is 4.79 Å². The first-order valence-corrected chi connectivity index (χ1v) is 11.8. The van der Waals surface area contributed by atoms with Gasteiger partial charge in [0.05, 0.1) is 11.9 Å². The summed E-state index contributed by atoms with van der Waals surface area (Å²) < 4.78 is 5.59. The van der Waals surface area contributed by atoms with Crippen LogP contribution in [-0.4, -0.2) is 84.6 Å². The van der Waals surface area contributed by atoms with E-state index in [1.807, 2.05) is 36.7 Å². The lowest BCUT2D eigenvalue weighted by molar-refractivity contribution is -0.130. The van der Waals surface area contributed by atoms with Gasteiger partial charge >= 0.3 is 0 Å². The summed E-state index contributed by atoms with van der Waals surface area (Å²) in [5, 5.41) is 0. The molecule has 1 amide bonds. The molecule has 0 atom stereocenters. The Labute approximate surface area is 205 Å². The summed E-state index contributed by atoms with van der Waals surface area (Å²) in [5.74, 6) is 0.570. The molecular weight excluding hydrogens is 440 g/mol. The first kappa shape index (κ1) is 22.9. The van der Waals surface area contributed by atoms with Gasteiger partial charge in [0.1, 0.15) is 11.3 Å². The van der Waals surface area contributed by atoms with Crippen LogP contribution in [0.3, 0.4) is 0 Å². The van der Waals surface area contributed by atoms with Crippen molar-refractivity contribution in [2.45, 2.75) is 0 Å². The van der Waals surface area contributed by atoms with Crippen LogP contribution in [0.5, 0.6) is 5.75 Å². The normalized spacial score (nSPS) is 14.3. The molecule has 4 aromatic rings. The van der Waals surface area contributed by atoms with Crippen molar-refractivity contribution in [2.75, 3.05) is 58.8 Å². The van der Waals surface area contributed by atoms with Gasteiger partial charge in [0, 0.05) is 63.3 Å². The molecule has 8 nitrogen and oxygen atoms in total. The average Bonchev–Trinajstić information content (AvgIpc) is 3.31. The van der Waals surface area contributed by atoms with Crippen LogP contribution in [0.2, 0.25) is 0 Å². The van der Waals surface area contributed by atoms with Crippen LogP contribution in [-0.2, 0) is 4.79 Å². The fraction of sp³-hybridized carbons (Fsp3) is 0.296. The van der Waals surface area contributed by atoms with Crippen molar-refractivity contribution in [3.05, 3.63) is 60.9 Å². The van der Waals surface area contributed by atoms with Crippen LogP contribution in [0, 0.1) is 0 Å². The Morgan fingerprint density at radius 2 is 1.69 bits per heavy atom. The summed E-state index contributed by atoms with van der Waals surface area (Å²) in [7, 11) is 5.59. The zero-order valence-corrected chi connectivity index (χ0v) is 20.4. The monoisotopic (exact) mass is 470 g/mol. The Bertz CT molecular complexity index is 1310. The van der Waals surface area contributed by atoms with E-state index in [1.165, 1.54) is 10.6 Å². The number of benzene rings is 2. The highest BCUT2D eigenvalue weighted by Crippen LogP contribution is 2.30. The zero-order valence-electron chi connectivity index (χ0n) is 20.4. The molecule has 0 spiro atoms. The molecular formula is C27H30N6O2. The second-order valence-electron chi connectivity index (χ2n) is 9.09. The molecule has 8 heteroatoms. The number of amides is 1. The smallest absolute Gasteiger partial charge is 0.259 e. The quantitative estimate of drug-likeness (QED) is 0.465. The summed E-state index contributed by atoms with van der Waals surface area (Å²) in [6.45, 7) is 4.28. The van der Waals surface area contributed by atoms with Gasteiger partial charge in [0.15, 0.2) is 12.3 Å². The van der Waals surface area contributed by atoms with Crippen molar-refractivity contribution in [3.63, 3.8) is 0 Å². The van der Waals surface area contributed by atoms with E-state index in [-0.39, 0.29) is 12.5 Å². The standard InChI is InChI=1S/C27H30N6O2/c1-31(2)25(34)18-35-22-10-6-19(7-11-22)23-16-28-27-26(23)30-24(17-29-27)20-4-8-21(9-5-20)33-14-12-32(3)13-15-33/h4-11,16-17H,12-15,18H2,1-3H3,(H,28,29). The lowest BCUT2D eigenvalue weighted by Gasteiger charge is -2.34. The van der Waals surface area contributed by atoms with Crippen molar-refractivity contribution >= 4 is 22.8 Å². The SMILES string of the molecule is CN1CCN(c2ccc(-c3cnc4[nH]cc(-c5ccc(OCC(=O)N(C)C)cc5)c4n3)cc2)CC1. The number of aromatic amines is 1. The minimum atomic E-state index is -0.0786. The van der Waals surface area contributed by atoms with Crippen molar-refractivity contribution in [1.29, 1.82) is 0 Å². The number of ether oxygens (including phenoxy) is 1. The summed E-state index contributed by atoms with van der Waals surface area (Å²) in [5.41, 5.74) is 6.66. The molecule has 3 heterocycles. The maximum atomic E-state index is 11.8. The predicted octanol–water partition coefficient (Wildman–Crippen LogP) is 3.51. The van der Waals surface area contributed by atoms with E-state index in [2.05, 4.69) is 51.1 Å². The van der Waals surface area contributed by atoms with Gasteiger partial charge in [-0.25, -0.2) is 9.97 Å². The number of H-pyrrole nitrogens is 1. The third-order valence-corrected chi connectivity index (χ3v) is 6.44. The number of anilines is 1. The molecule has 35 heavy (non-hydrogen) atoms. The maximum Gasteiger partial charge on any atom is 0.259 e. The van der Waals surface area contributed by atoms with Gasteiger partial charge in [0.25, 0.3) is 5.91 Å². The summed E-state index contributed by atoms with van der Waals surface area (Å²) in [6.07, 6.45) is 3.74. The molecule has 2 aromatic heterocycles. The van der Waals surface area contributed by atoms with Crippen molar-refractivity contribution in [3.8, 4) is 28.1 Å². The second kappa shape index (κ2) is 9.76. The van der Waals surface area contributed by atoms with Crippen LogP contribution in [0.4, 0.5) is 5.69 Å². The molecule has 1 N–H and O–H groups in total. The van der Waals surface area contributed by atoms with Crippen LogP contribution in [0.25, 0.3) is 33.5 Å². The van der Waals surface area contributed by atoms with Crippen molar-refractivity contribution < 1.29 is 9.53 Å². The molecule has 0 unspecified atom stereocenters. The Kier molecular flexibility index (Phi) is 6.37. The molecule has 0 radical (unpaired) electrons. The third-order valence-electron chi connectivity index (χ3n) is 6.44. The number of likely N-dealkylation sites (N-methyl/N-ethyl adjacent to an activating group) is 2. The number of rotatable bonds is 6. The lowest BCUT2D eigenvalue weighted by Crippen LogP contribution is -2.44. The summed E-state index contributed by atoms with van der Waals surface area (Å²) in [6, 6.07) is 16.3. The molecule has 1 fully saturated rings. The number of carbonyl (C=O) groups is 1. The van der Waals surface area contributed by atoms with Crippen LogP contribution in [0.1, 0.15) is 0 Å². The minimum absolute atomic E-state index is 0.0157. The Morgan fingerprint density at radius 1 is 1.00 bits per heavy atom. The van der Waals surface area contributed by atoms with E-state index < -0.39 is 0 Å². The van der Waals surface area contributed by atoms with E-state index in [4.69, 9.17) is 9.72 Å². The lowest BCUT2D eigenvalue weighted by atomic mass is 10.1. The molecule has 1 saturated heterocycles. The Balaban J connectivity index is 1.35. The van der Waals surface area contributed by atoms with Gasteiger partial charge in [0.2, 0.25) is 0 Å². The second-order valence-corrected chi connectivity index (χ2v) is 9.09. The number of nitrogens with one attached hydrogen (secondary N) is 1. The molecule has 0 bridgehead atoms. The zero-order chi connectivity index (χ0) is 24.4. The number of nitrogens with zero attached hydrogens (tertiary/aromatic N) is 5. The molecule has 0 aliphatic carbocycles. The molecule has 1 aliphatic rings. The van der Waals surface area contributed by atoms with Gasteiger partial charge in [-0.1, -0.05) is 24.3 Å². The minimum Gasteiger partial charge on any atom is -0.484 e. The van der Waals surface area contributed by atoms with Gasteiger partial charge in [-0.15, -0.1) is 0 Å². The molecule has 2 aromatic carbocycles. The summed E-state index contributed by atoms with van der Waals surface area (Å²) in [4.78, 5) is 30.8. The van der Waals surface area contributed by atoms with E-state index in [0.717, 1.165) is 59.7 Å². The fourth-order valence-corrected chi connectivity index (χ4v) is 4.16.